The van der Waals surface area contributed by atoms with E-state index in [9.17, 15) is 9.90 Å². The average molecular weight is 336 g/mol. The van der Waals surface area contributed by atoms with E-state index in [-0.39, 0.29) is 11.9 Å². The molecule has 0 spiro atoms. The fourth-order valence-corrected chi connectivity index (χ4v) is 2.47. The lowest BCUT2D eigenvalue weighted by atomic mass is 10.1. The summed E-state index contributed by atoms with van der Waals surface area (Å²) in [5.74, 6) is -0.258. The molecule has 0 aliphatic carbocycles. The van der Waals surface area contributed by atoms with Crippen molar-refractivity contribution in [3.63, 3.8) is 0 Å². The van der Waals surface area contributed by atoms with Crippen LogP contribution in [-0.4, -0.2) is 30.4 Å². The van der Waals surface area contributed by atoms with Crippen molar-refractivity contribution in [1.82, 2.24) is 0 Å². The van der Waals surface area contributed by atoms with Crippen LogP contribution in [0.3, 0.4) is 0 Å². The van der Waals surface area contributed by atoms with Crippen LogP contribution < -0.4 is 0 Å². The highest BCUT2D eigenvalue weighted by atomic mass is 16.6. The maximum absolute atomic E-state index is 11.9. The highest BCUT2D eigenvalue weighted by Crippen LogP contribution is 2.12. The van der Waals surface area contributed by atoms with E-state index in [1.54, 1.807) is 12.1 Å². The largest absolute Gasteiger partial charge is 0.508 e. The molecule has 0 heterocycles. The first kappa shape index (κ1) is 20.5. The fraction of sp³-hybridized carbons (Fsp3) is 0.650. The zero-order chi connectivity index (χ0) is 17.6. The van der Waals surface area contributed by atoms with Gasteiger partial charge in [-0.3, -0.25) is 0 Å². The molecule has 136 valence electrons. The van der Waals surface area contributed by atoms with Gasteiger partial charge in [0.2, 0.25) is 0 Å². The standard InChI is InChI=1S/C20H32O4/c1-3-4-5-6-7-8-9-10-15-23-16-17(2)24-20(22)18-11-13-19(21)14-12-18/h11-14,17,21H,3-10,15-16H2,1-2H3/t17-/m0/s1. The van der Waals surface area contributed by atoms with Crippen LogP contribution in [0.4, 0.5) is 0 Å². The quantitative estimate of drug-likeness (QED) is 0.402. The number of phenols is 1. The second-order valence-corrected chi connectivity index (χ2v) is 6.31. The Balaban J connectivity index is 2.01. The average Bonchev–Trinajstić information content (AvgIpc) is 2.57. The van der Waals surface area contributed by atoms with Crippen molar-refractivity contribution in [2.75, 3.05) is 13.2 Å². The predicted molar refractivity (Wildman–Crippen MR) is 96.4 cm³/mol. The minimum Gasteiger partial charge on any atom is -0.508 e. The third-order valence-corrected chi connectivity index (χ3v) is 3.91. The lowest BCUT2D eigenvalue weighted by Gasteiger charge is -2.13. The summed E-state index contributed by atoms with van der Waals surface area (Å²) in [5.41, 5.74) is 0.433. The number of hydrogen-bond acceptors (Lipinski definition) is 4. The summed E-state index contributed by atoms with van der Waals surface area (Å²) in [5, 5.41) is 9.21. The molecule has 1 aromatic carbocycles. The fourth-order valence-electron chi connectivity index (χ4n) is 2.47. The van der Waals surface area contributed by atoms with Gasteiger partial charge in [-0.25, -0.2) is 4.79 Å². The summed E-state index contributed by atoms with van der Waals surface area (Å²) in [6, 6.07) is 6.04. The lowest BCUT2D eigenvalue weighted by Crippen LogP contribution is -2.20. The number of aromatic hydroxyl groups is 1. The van der Waals surface area contributed by atoms with Crippen molar-refractivity contribution in [2.24, 2.45) is 0 Å². The Hall–Kier alpha value is -1.55. The second-order valence-electron chi connectivity index (χ2n) is 6.31. The van der Waals surface area contributed by atoms with E-state index >= 15 is 0 Å². The van der Waals surface area contributed by atoms with Gasteiger partial charge in [0.05, 0.1) is 12.2 Å². The lowest BCUT2D eigenvalue weighted by molar-refractivity contribution is 0.00151. The molecule has 0 radical (unpaired) electrons. The molecule has 0 saturated carbocycles. The van der Waals surface area contributed by atoms with Crippen LogP contribution in [0.2, 0.25) is 0 Å². The maximum atomic E-state index is 11.9. The predicted octanol–water partition coefficient (Wildman–Crippen LogP) is 5.09. The first-order valence-electron chi connectivity index (χ1n) is 9.21. The molecule has 1 atom stereocenters. The number of unbranched alkanes of at least 4 members (excludes halogenated alkanes) is 7. The molecule has 0 aromatic heterocycles. The van der Waals surface area contributed by atoms with E-state index in [0.29, 0.717) is 12.2 Å². The number of phenolic OH excluding ortho intramolecular Hbond substituents is 1. The molecule has 24 heavy (non-hydrogen) atoms. The first-order valence-corrected chi connectivity index (χ1v) is 9.21. The summed E-state index contributed by atoms with van der Waals surface area (Å²) in [7, 11) is 0. The van der Waals surface area contributed by atoms with Gasteiger partial charge in [0.1, 0.15) is 11.9 Å². The molecule has 0 amide bonds. The van der Waals surface area contributed by atoms with E-state index in [1.807, 2.05) is 6.92 Å². The topological polar surface area (TPSA) is 55.8 Å². The van der Waals surface area contributed by atoms with Gasteiger partial charge in [0.15, 0.2) is 0 Å². The Bertz CT molecular complexity index is 441. The van der Waals surface area contributed by atoms with Crippen LogP contribution in [0.25, 0.3) is 0 Å². The summed E-state index contributed by atoms with van der Waals surface area (Å²) in [6.45, 7) is 5.20. The highest BCUT2D eigenvalue weighted by molar-refractivity contribution is 5.89. The molecule has 0 saturated heterocycles. The molecule has 0 fully saturated rings. The zero-order valence-electron chi connectivity index (χ0n) is 15.1. The van der Waals surface area contributed by atoms with Crippen molar-refractivity contribution in [3.05, 3.63) is 29.8 Å². The van der Waals surface area contributed by atoms with Crippen molar-refractivity contribution >= 4 is 5.97 Å². The van der Waals surface area contributed by atoms with Crippen molar-refractivity contribution in [2.45, 2.75) is 71.3 Å². The summed E-state index contributed by atoms with van der Waals surface area (Å²) in [4.78, 5) is 11.9. The van der Waals surface area contributed by atoms with Crippen LogP contribution in [-0.2, 0) is 9.47 Å². The number of carbonyl (C=O) groups excluding carboxylic acids is 1. The molecule has 4 heteroatoms. The van der Waals surface area contributed by atoms with Crippen LogP contribution in [0.15, 0.2) is 24.3 Å². The SMILES string of the molecule is CCCCCCCCCCOC[C@H](C)OC(=O)c1ccc(O)cc1. The molecular formula is C20H32O4. The van der Waals surface area contributed by atoms with Gasteiger partial charge in [0.25, 0.3) is 0 Å². The van der Waals surface area contributed by atoms with Gasteiger partial charge in [-0.15, -0.1) is 0 Å². The minimum absolute atomic E-state index is 0.133. The van der Waals surface area contributed by atoms with E-state index in [4.69, 9.17) is 9.47 Å². The van der Waals surface area contributed by atoms with Gasteiger partial charge in [-0.1, -0.05) is 51.9 Å². The van der Waals surface area contributed by atoms with Crippen molar-refractivity contribution in [3.8, 4) is 5.75 Å². The normalized spacial score (nSPS) is 12.1. The van der Waals surface area contributed by atoms with Crippen molar-refractivity contribution in [1.29, 1.82) is 0 Å². The smallest absolute Gasteiger partial charge is 0.338 e. The van der Waals surface area contributed by atoms with Crippen LogP contribution in [0, 0.1) is 0 Å². The number of rotatable bonds is 13. The molecule has 1 N–H and O–H groups in total. The van der Waals surface area contributed by atoms with Gasteiger partial charge in [0, 0.05) is 6.61 Å². The van der Waals surface area contributed by atoms with Crippen LogP contribution in [0.5, 0.6) is 5.75 Å². The second kappa shape index (κ2) is 12.8. The molecule has 0 aliphatic rings. The van der Waals surface area contributed by atoms with E-state index in [0.717, 1.165) is 13.0 Å². The molecule has 1 rings (SSSR count). The first-order chi connectivity index (χ1) is 11.6. The monoisotopic (exact) mass is 336 g/mol. The third-order valence-electron chi connectivity index (χ3n) is 3.91. The van der Waals surface area contributed by atoms with E-state index < -0.39 is 5.97 Å². The van der Waals surface area contributed by atoms with Crippen LogP contribution >= 0.6 is 0 Å². The maximum Gasteiger partial charge on any atom is 0.338 e. The number of carbonyl (C=O) groups is 1. The van der Waals surface area contributed by atoms with Gasteiger partial charge < -0.3 is 14.6 Å². The summed E-state index contributed by atoms with van der Waals surface area (Å²) >= 11 is 0. The molecule has 0 aliphatic heterocycles. The zero-order valence-corrected chi connectivity index (χ0v) is 15.1. The molecule has 0 bridgehead atoms. The number of esters is 1. The van der Waals surface area contributed by atoms with Crippen LogP contribution in [0.1, 0.15) is 75.6 Å². The Morgan fingerprint density at radius 3 is 2.21 bits per heavy atom. The van der Waals surface area contributed by atoms with Gasteiger partial charge in [-0.05, 0) is 37.6 Å². The summed E-state index contributed by atoms with van der Waals surface area (Å²) in [6.07, 6.45) is 9.93. The number of ether oxygens (including phenoxy) is 2. The Morgan fingerprint density at radius 1 is 1.00 bits per heavy atom. The Kier molecular flexibility index (Phi) is 10.9. The van der Waals surface area contributed by atoms with Gasteiger partial charge in [-0.2, -0.15) is 0 Å². The van der Waals surface area contributed by atoms with E-state index in [1.165, 1.54) is 57.1 Å². The molecular weight excluding hydrogens is 304 g/mol. The Labute approximate surface area is 146 Å². The van der Waals surface area contributed by atoms with E-state index in [2.05, 4.69) is 6.92 Å². The molecule has 1 aromatic rings. The molecule has 0 unspecified atom stereocenters. The highest BCUT2D eigenvalue weighted by Gasteiger charge is 2.12. The molecule has 4 nitrogen and oxygen atoms in total. The number of benzene rings is 1. The summed E-state index contributed by atoms with van der Waals surface area (Å²) < 4.78 is 10.9. The van der Waals surface area contributed by atoms with Crippen molar-refractivity contribution < 1.29 is 19.4 Å². The number of hydrogen-bond donors (Lipinski definition) is 1. The third kappa shape index (κ3) is 9.56. The Morgan fingerprint density at radius 2 is 1.58 bits per heavy atom. The van der Waals surface area contributed by atoms with Gasteiger partial charge >= 0.3 is 5.97 Å². The minimum atomic E-state index is -0.391.